The molecule has 0 aliphatic heterocycles. The van der Waals surface area contributed by atoms with Gasteiger partial charge in [0.1, 0.15) is 6.61 Å². The lowest BCUT2D eigenvalue weighted by molar-refractivity contribution is -0.160. The number of nitrogens with zero attached hydrogens (tertiary/aromatic N) is 2. The third kappa shape index (κ3) is 8.44. The molecule has 0 aromatic rings. The lowest BCUT2D eigenvalue weighted by atomic mass is 10.1. The molecular weight excluding hydrogens is 232 g/mol. The fraction of sp³-hybridized carbons (Fsp3) is 0.923. The van der Waals surface area contributed by atoms with Crippen LogP contribution in [0.3, 0.4) is 0 Å². The van der Waals surface area contributed by atoms with E-state index in [0.717, 1.165) is 13.1 Å². The van der Waals surface area contributed by atoms with Gasteiger partial charge in [0.25, 0.3) is 0 Å². The number of hydrogen-bond acceptors (Lipinski definition) is 5. The zero-order valence-corrected chi connectivity index (χ0v) is 12.6. The topological polar surface area (TPSA) is 42.0 Å². The van der Waals surface area contributed by atoms with Crippen molar-refractivity contribution >= 4 is 5.97 Å². The molecule has 0 saturated heterocycles. The van der Waals surface area contributed by atoms with Gasteiger partial charge in [-0.2, -0.15) is 0 Å². The number of hydrogen-bond donors (Lipinski definition) is 0. The Labute approximate surface area is 111 Å². The summed E-state index contributed by atoms with van der Waals surface area (Å²) in [5.74, 6) is -0.135. The zero-order valence-electron chi connectivity index (χ0n) is 12.6. The normalized spacial score (nSPS) is 13.4. The van der Waals surface area contributed by atoms with Crippen molar-refractivity contribution in [3.63, 3.8) is 0 Å². The summed E-state index contributed by atoms with van der Waals surface area (Å²) in [6, 6.07) is 0. The second kappa shape index (κ2) is 9.30. The van der Waals surface area contributed by atoms with Gasteiger partial charge in [0.2, 0.25) is 0 Å². The fourth-order valence-corrected chi connectivity index (χ4v) is 1.31. The van der Waals surface area contributed by atoms with E-state index in [0.29, 0.717) is 13.2 Å². The van der Waals surface area contributed by atoms with Gasteiger partial charge in [-0.3, -0.25) is 0 Å². The molecule has 0 rings (SSSR count). The Morgan fingerprint density at radius 3 is 1.94 bits per heavy atom. The predicted octanol–water partition coefficient (Wildman–Crippen LogP) is 0.694. The molecule has 0 heterocycles. The molecule has 0 saturated carbocycles. The molecule has 0 radical (unpaired) electrons. The van der Waals surface area contributed by atoms with Crippen molar-refractivity contribution in [2.45, 2.75) is 20.0 Å². The summed E-state index contributed by atoms with van der Waals surface area (Å²) in [6.07, 6.45) is -0.466. The average molecular weight is 260 g/mol. The Bertz CT molecular complexity index is 230. The van der Waals surface area contributed by atoms with Crippen molar-refractivity contribution in [1.29, 1.82) is 0 Å². The molecule has 1 atom stereocenters. The third-order valence-corrected chi connectivity index (χ3v) is 2.46. The highest BCUT2D eigenvalue weighted by atomic mass is 16.6. The van der Waals surface area contributed by atoms with Crippen LogP contribution in [0.2, 0.25) is 0 Å². The van der Waals surface area contributed by atoms with E-state index in [1.54, 1.807) is 0 Å². The summed E-state index contributed by atoms with van der Waals surface area (Å²) in [4.78, 5) is 15.9. The van der Waals surface area contributed by atoms with Gasteiger partial charge in [0, 0.05) is 13.1 Å². The van der Waals surface area contributed by atoms with Crippen LogP contribution in [0.5, 0.6) is 0 Å². The van der Waals surface area contributed by atoms with Crippen LogP contribution in [0.15, 0.2) is 0 Å². The lowest BCUT2D eigenvalue weighted by Crippen LogP contribution is -2.35. The van der Waals surface area contributed by atoms with E-state index >= 15 is 0 Å². The summed E-state index contributed by atoms with van der Waals surface area (Å²) in [7, 11) is 7.84. The molecular formula is C13H28N2O3. The first-order valence-electron chi connectivity index (χ1n) is 6.42. The van der Waals surface area contributed by atoms with E-state index in [1.807, 2.05) is 51.8 Å². The van der Waals surface area contributed by atoms with Crippen LogP contribution in [0.25, 0.3) is 0 Å². The maximum atomic E-state index is 11.9. The molecule has 0 aliphatic carbocycles. The fourth-order valence-electron chi connectivity index (χ4n) is 1.31. The van der Waals surface area contributed by atoms with Crippen molar-refractivity contribution in [2.75, 3.05) is 54.5 Å². The second-order valence-corrected chi connectivity index (χ2v) is 5.31. The van der Waals surface area contributed by atoms with Gasteiger partial charge in [0.15, 0.2) is 6.10 Å². The quantitative estimate of drug-likeness (QED) is 0.571. The van der Waals surface area contributed by atoms with Gasteiger partial charge in [-0.25, -0.2) is 4.79 Å². The van der Waals surface area contributed by atoms with Gasteiger partial charge < -0.3 is 19.3 Å². The predicted molar refractivity (Wildman–Crippen MR) is 72.6 cm³/mol. The van der Waals surface area contributed by atoms with E-state index in [2.05, 4.69) is 0 Å². The minimum atomic E-state index is -0.466. The molecule has 0 fully saturated rings. The van der Waals surface area contributed by atoms with E-state index in [-0.39, 0.29) is 11.9 Å². The van der Waals surface area contributed by atoms with Crippen LogP contribution in [0, 0.1) is 5.92 Å². The number of esters is 1. The van der Waals surface area contributed by atoms with E-state index in [1.165, 1.54) is 0 Å². The first-order valence-corrected chi connectivity index (χ1v) is 6.42. The molecule has 5 heteroatoms. The molecule has 0 N–H and O–H groups in total. The van der Waals surface area contributed by atoms with Crippen molar-refractivity contribution in [1.82, 2.24) is 9.80 Å². The molecule has 1 unspecified atom stereocenters. The molecule has 0 spiro atoms. The molecule has 0 aliphatic rings. The van der Waals surface area contributed by atoms with Crippen LogP contribution in [0.4, 0.5) is 0 Å². The van der Waals surface area contributed by atoms with Gasteiger partial charge in [-0.05, 0) is 34.1 Å². The lowest BCUT2D eigenvalue weighted by Gasteiger charge is -2.21. The molecule has 0 bridgehead atoms. The maximum absolute atomic E-state index is 11.9. The molecule has 108 valence electrons. The summed E-state index contributed by atoms with van der Waals surface area (Å²) < 4.78 is 10.8. The number of carbonyl (C=O) groups excluding carboxylic acids is 1. The van der Waals surface area contributed by atoms with Crippen molar-refractivity contribution in [3.8, 4) is 0 Å². The van der Waals surface area contributed by atoms with Crippen LogP contribution in [-0.2, 0) is 14.3 Å². The van der Waals surface area contributed by atoms with Crippen LogP contribution < -0.4 is 0 Å². The van der Waals surface area contributed by atoms with Crippen molar-refractivity contribution in [2.24, 2.45) is 5.92 Å². The number of rotatable bonds is 9. The highest BCUT2D eigenvalue weighted by Gasteiger charge is 2.24. The Morgan fingerprint density at radius 1 is 1.00 bits per heavy atom. The van der Waals surface area contributed by atoms with Crippen LogP contribution in [0.1, 0.15) is 13.8 Å². The number of carbonyl (C=O) groups is 1. The largest absolute Gasteiger partial charge is 0.462 e. The molecule has 18 heavy (non-hydrogen) atoms. The summed E-state index contributed by atoms with van der Waals surface area (Å²) in [5, 5.41) is 0. The minimum absolute atomic E-state index is 0.124. The monoisotopic (exact) mass is 260 g/mol. The number of likely N-dealkylation sites (N-methyl/N-ethyl adjacent to an activating group) is 2. The molecule has 5 nitrogen and oxygen atoms in total. The standard InChI is InChI=1S/C13H28N2O3/c1-11(2)12(17-9-7-14(3)4)13(16)18-10-8-15(5)6/h11-12H,7-10H2,1-6H3. The van der Waals surface area contributed by atoms with E-state index in [4.69, 9.17) is 9.47 Å². The number of ether oxygens (including phenoxy) is 2. The molecule has 0 aromatic carbocycles. The van der Waals surface area contributed by atoms with Crippen molar-refractivity contribution in [3.05, 3.63) is 0 Å². The van der Waals surface area contributed by atoms with Crippen molar-refractivity contribution < 1.29 is 14.3 Å². The Balaban J connectivity index is 4.03. The maximum Gasteiger partial charge on any atom is 0.335 e. The average Bonchev–Trinajstić information content (AvgIpc) is 2.22. The zero-order chi connectivity index (χ0) is 14.1. The molecule has 0 aromatic heterocycles. The molecule has 0 amide bonds. The van der Waals surface area contributed by atoms with Crippen LogP contribution >= 0.6 is 0 Å². The summed E-state index contributed by atoms with van der Waals surface area (Å²) in [5.41, 5.74) is 0. The highest BCUT2D eigenvalue weighted by Crippen LogP contribution is 2.08. The summed E-state index contributed by atoms with van der Waals surface area (Å²) in [6.45, 7) is 6.41. The van der Waals surface area contributed by atoms with E-state index < -0.39 is 6.10 Å². The van der Waals surface area contributed by atoms with Gasteiger partial charge in [-0.15, -0.1) is 0 Å². The minimum Gasteiger partial charge on any atom is -0.462 e. The van der Waals surface area contributed by atoms with Gasteiger partial charge in [-0.1, -0.05) is 13.8 Å². The Morgan fingerprint density at radius 2 is 1.50 bits per heavy atom. The summed E-state index contributed by atoms with van der Waals surface area (Å²) >= 11 is 0. The first-order chi connectivity index (χ1) is 8.34. The highest BCUT2D eigenvalue weighted by molar-refractivity contribution is 5.75. The Kier molecular flexibility index (Phi) is 8.97. The first kappa shape index (κ1) is 17.4. The third-order valence-electron chi connectivity index (χ3n) is 2.46. The SMILES string of the molecule is CC(C)C(OCCN(C)C)C(=O)OCCN(C)C. The van der Waals surface area contributed by atoms with Gasteiger partial charge in [0.05, 0.1) is 6.61 Å². The second-order valence-electron chi connectivity index (χ2n) is 5.31. The van der Waals surface area contributed by atoms with Crippen LogP contribution in [-0.4, -0.2) is 76.4 Å². The van der Waals surface area contributed by atoms with E-state index in [9.17, 15) is 4.79 Å². The Hall–Kier alpha value is -0.650. The smallest absolute Gasteiger partial charge is 0.335 e. The van der Waals surface area contributed by atoms with Gasteiger partial charge >= 0.3 is 5.97 Å².